The smallest absolute Gasteiger partial charge is 0.267 e. The zero-order chi connectivity index (χ0) is 14.0. The van der Waals surface area contributed by atoms with Gasteiger partial charge < -0.3 is 5.11 Å². The number of hydrogen-bond acceptors (Lipinski definition) is 6. The molecule has 2 N–H and O–H groups in total. The van der Waals surface area contributed by atoms with Gasteiger partial charge in [-0.25, -0.2) is 13.4 Å². The maximum Gasteiger partial charge on any atom is 0.267 e. The molecule has 0 aliphatic carbocycles. The number of aryl methyl sites for hydroxylation is 1. The Kier molecular flexibility index (Phi) is 3.88. The van der Waals surface area contributed by atoms with Gasteiger partial charge in [-0.2, -0.15) is 5.10 Å². The zero-order valence-corrected chi connectivity index (χ0v) is 12.1. The van der Waals surface area contributed by atoms with Gasteiger partial charge in [-0.3, -0.25) is 9.40 Å². The number of aliphatic hydroxyl groups excluding tert-OH is 1. The summed E-state index contributed by atoms with van der Waals surface area (Å²) in [7, 11) is -3.71. The van der Waals surface area contributed by atoms with Crippen molar-refractivity contribution < 1.29 is 13.5 Å². The van der Waals surface area contributed by atoms with E-state index in [9.17, 15) is 8.42 Å². The van der Waals surface area contributed by atoms with E-state index >= 15 is 0 Å². The molecule has 0 radical (unpaired) electrons. The number of anilines is 1. The average Bonchev–Trinajstić information content (AvgIpc) is 2.88. The maximum atomic E-state index is 12.3. The Morgan fingerprint density at radius 3 is 2.79 bits per heavy atom. The van der Waals surface area contributed by atoms with Crippen LogP contribution in [0.4, 0.5) is 5.13 Å². The fourth-order valence-corrected chi connectivity index (χ4v) is 4.02. The molecule has 0 amide bonds. The summed E-state index contributed by atoms with van der Waals surface area (Å²) in [4.78, 5) is 4.03. The molecule has 2 aromatic heterocycles. The first-order valence-corrected chi connectivity index (χ1v) is 7.89. The molecular weight excluding hydrogens is 288 g/mol. The molecular formula is C10H14N4O3S2. The first kappa shape index (κ1) is 14.0. The third kappa shape index (κ3) is 2.77. The van der Waals surface area contributed by atoms with Crippen LogP contribution in [-0.4, -0.2) is 34.9 Å². The zero-order valence-electron chi connectivity index (χ0n) is 10.5. The van der Waals surface area contributed by atoms with Gasteiger partial charge in [0, 0.05) is 11.6 Å². The second-order valence-electron chi connectivity index (χ2n) is 3.89. The van der Waals surface area contributed by atoms with Crippen LogP contribution in [-0.2, 0) is 16.6 Å². The second kappa shape index (κ2) is 5.27. The van der Waals surface area contributed by atoms with Gasteiger partial charge in [0.05, 0.1) is 24.5 Å². The molecule has 0 atom stereocenters. The van der Waals surface area contributed by atoms with Crippen LogP contribution in [0.15, 0.2) is 16.5 Å². The summed E-state index contributed by atoms with van der Waals surface area (Å²) < 4.78 is 28.5. The van der Waals surface area contributed by atoms with E-state index in [4.69, 9.17) is 5.11 Å². The average molecular weight is 302 g/mol. The topological polar surface area (TPSA) is 97.1 Å². The quantitative estimate of drug-likeness (QED) is 0.849. The number of sulfonamides is 1. The largest absolute Gasteiger partial charge is 0.394 e. The highest BCUT2D eigenvalue weighted by molar-refractivity contribution is 7.93. The van der Waals surface area contributed by atoms with E-state index in [0.29, 0.717) is 16.5 Å². The lowest BCUT2D eigenvalue weighted by molar-refractivity contribution is 0.267. The Morgan fingerprint density at radius 2 is 2.21 bits per heavy atom. The van der Waals surface area contributed by atoms with Crippen LogP contribution in [0.2, 0.25) is 0 Å². The molecule has 0 spiro atoms. The molecule has 2 heterocycles. The van der Waals surface area contributed by atoms with Gasteiger partial charge in [-0.1, -0.05) is 0 Å². The molecule has 2 rings (SSSR count). The summed E-state index contributed by atoms with van der Waals surface area (Å²) in [5.74, 6) is 0. The predicted octanol–water partition coefficient (Wildman–Crippen LogP) is 0.750. The standard InChI is InChI=1S/C10H14N4O3S2/c1-7-9(8(2)14(12-7)4-5-15)19(16,17)13-10-11-3-6-18-10/h3,6,15H,4-5H2,1-2H3,(H,11,13). The minimum absolute atomic E-state index is 0.0959. The molecule has 104 valence electrons. The number of rotatable bonds is 5. The van der Waals surface area contributed by atoms with E-state index in [1.165, 1.54) is 22.2 Å². The molecule has 9 heteroatoms. The van der Waals surface area contributed by atoms with Crippen molar-refractivity contribution >= 4 is 26.5 Å². The fourth-order valence-electron chi connectivity index (χ4n) is 1.82. The summed E-state index contributed by atoms with van der Waals surface area (Å²) >= 11 is 1.20. The summed E-state index contributed by atoms with van der Waals surface area (Å²) in [6, 6.07) is 0. The molecule has 0 unspecified atom stereocenters. The van der Waals surface area contributed by atoms with E-state index < -0.39 is 10.0 Å². The number of aliphatic hydroxyl groups is 1. The van der Waals surface area contributed by atoms with Gasteiger partial charge in [0.15, 0.2) is 5.13 Å². The van der Waals surface area contributed by atoms with Gasteiger partial charge in [-0.05, 0) is 13.8 Å². The van der Waals surface area contributed by atoms with Crippen molar-refractivity contribution in [3.8, 4) is 0 Å². The first-order valence-electron chi connectivity index (χ1n) is 5.53. The summed E-state index contributed by atoms with van der Waals surface area (Å²) in [5.41, 5.74) is 0.894. The Balaban J connectivity index is 2.40. The van der Waals surface area contributed by atoms with E-state index in [-0.39, 0.29) is 18.0 Å². The Labute approximate surface area is 115 Å². The summed E-state index contributed by atoms with van der Waals surface area (Å²) in [6.07, 6.45) is 1.53. The highest BCUT2D eigenvalue weighted by Crippen LogP contribution is 2.23. The third-order valence-electron chi connectivity index (χ3n) is 2.55. The van der Waals surface area contributed by atoms with Gasteiger partial charge in [0.2, 0.25) is 0 Å². The van der Waals surface area contributed by atoms with Crippen molar-refractivity contribution in [3.05, 3.63) is 23.0 Å². The summed E-state index contributed by atoms with van der Waals surface area (Å²) in [5, 5.41) is 15.0. The SMILES string of the molecule is Cc1nn(CCO)c(C)c1S(=O)(=O)Nc1nccs1. The second-order valence-corrected chi connectivity index (χ2v) is 6.40. The Morgan fingerprint density at radius 1 is 1.47 bits per heavy atom. The van der Waals surface area contributed by atoms with E-state index in [1.54, 1.807) is 19.2 Å². The highest BCUT2D eigenvalue weighted by atomic mass is 32.2. The van der Waals surface area contributed by atoms with Crippen molar-refractivity contribution in [2.45, 2.75) is 25.3 Å². The molecule has 0 aliphatic heterocycles. The van der Waals surface area contributed by atoms with E-state index in [0.717, 1.165) is 0 Å². The third-order valence-corrected chi connectivity index (χ3v) is 4.96. The van der Waals surface area contributed by atoms with Crippen molar-refractivity contribution in [1.29, 1.82) is 0 Å². The van der Waals surface area contributed by atoms with Crippen LogP contribution in [0.25, 0.3) is 0 Å². The maximum absolute atomic E-state index is 12.3. The number of nitrogens with zero attached hydrogens (tertiary/aromatic N) is 3. The number of hydrogen-bond donors (Lipinski definition) is 2. The highest BCUT2D eigenvalue weighted by Gasteiger charge is 2.25. The Hall–Kier alpha value is -1.45. The summed E-state index contributed by atoms with van der Waals surface area (Å²) in [6.45, 7) is 3.45. The molecule has 0 fully saturated rings. The number of thiazole rings is 1. The van der Waals surface area contributed by atoms with Crippen LogP contribution >= 0.6 is 11.3 Å². The lowest BCUT2D eigenvalue weighted by atomic mass is 10.4. The van der Waals surface area contributed by atoms with Crippen molar-refractivity contribution in [3.63, 3.8) is 0 Å². The van der Waals surface area contributed by atoms with Crippen molar-refractivity contribution in [2.24, 2.45) is 0 Å². The molecule has 2 aromatic rings. The van der Waals surface area contributed by atoms with Gasteiger partial charge in [-0.15, -0.1) is 11.3 Å². The van der Waals surface area contributed by atoms with Crippen LogP contribution < -0.4 is 4.72 Å². The molecule has 19 heavy (non-hydrogen) atoms. The number of aromatic nitrogens is 3. The van der Waals surface area contributed by atoms with Crippen LogP contribution in [0.5, 0.6) is 0 Å². The molecule has 0 saturated heterocycles. The predicted molar refractivity (Wildman–Crippen MR) is 71.7 cm³/mol. The van der Waals surface area contributed by atoms with Gasteiger partial charge >= 0.3 is 0 Å². The molecule has 0 aliphatic rings. The molecule has 0 saturated carbocycles. The molecule has 0 aromatic carbocycles. The monoisotopic (exact) mass is 302 g/mol. The van der Waals surface area contributed by atoms with Crippen molar-refractivity contribution in [1.82, 2.24) is 14.8 Å². The molecule has 7 nitrogen and oxygen atoms in total. The minimum Gasteiger partial charge on any atom is -0.394 e. The van der Waals surface area contributed by atoms with Gasteiger partial charge in [0.25, 0.3) is 10.0 Å². The van der Waals surface area contributed by atoms with E-state index in [2.05, 4.69) is 14.8 Å². The lowest BCUT2D eigenvalue weighted by Gasteiger charge is -2.06. The van der Waals surface area contributed by atoms with Crippen LogP contribution in [0.3, 0.4) is 0 Å². The number of nitrogens with one attached hydrogen (secondary N) is 1. The first-order chi connectivity index (χ1) is 8.95. The van der Waals surface area contributed by atoms with Crippen molar-refractivity contribution in [2.75, 3.05) is 11.3 Å². The van der Waals surface area contributed by atoms with Crippen LogP contribution in [0.1, 0.15) is 11.4 Å². The fraction of sp³-hybridized carbons (Fsp3) is 0.400. The minimum atomic E-state index is -3.71. The molecule has 0 bridgehead atoms. The Bertz CT molecular complexity index is 661. The normalized spacial score (nSPS) is 11.7. The van der Waals surface area contributed by atoms with E-state index in [1.807, 2.05) is 0 Å². The lowest BCUT2D eigenvalue weighted by Crippen LogP contribution is -2.15. The van der Waals surface area contributed by atoms with Crippen LogP contribution in [0, 0.1) is 13.8 Å². The van der Waals surface area contributed by atoms with Gasteiger partial charge in [0.1, 0.15) is 4.90 Å².